The van der Waals surface area contributed by atoms with E-state index in [2.05, 4.69) is 36.8 Å². The van der Waals surface area contributed by atoms with Gasteiger partial charge in [-0.1, -0.05) is 13.1 Å². The molecule has 2 aliphatic rings. The molecule has 24 nitrogen and oxygen atoms in total. The minimum Gasteiger partial charge on any atom is -0.812 e. The van der Waals surface area contributed by atoms with Crippen LogP contribution in [0.3, 0.4) is 0 Å². The van der Waals surface area contributed by atoms with Gasteiger partial charge in [0.05, 0.1) is 19.5 Å². The number of imidazole rings is 1. The van der Waals surface area contributed by atoms with E-state index in [-0.39, 0.29) is 137 Å². The molecule has 3 aromatic rings. The standard InChI is InChI=1S/C26H39N9O15P2S.3Na/c1-45-20-19(13(10-47-52(43,44)53)49-24(20)35-11-29-16-21(35)32-25(28)33-22(16)40)50-51(42,30-7-4-2-3-5-15(36)37)46-9-12-17(38)18(39)23(48-12)34-8-6-14(27)31-26(34)41;;;/h6,8,11-13,17-20,23-24,38-39H,2-5,7,9-10H2,1H3,(H,30,42)(H,36,37)(H2,27,31,41)(H2,43,44,53)(H3,28,32,33,40);;;/q;3*+1/p-3/t12-,13-,17-,18-,19-,20-,23-,24-,51-;;;/m1.../s1. The van der Waals surface area contributed by atoms with Crippen molar-refractivity contribution in [1.29, 1.82) is 0 Å². The summed E-state index contributed by atoms with van der Waals surface area (Å²) in [5, 5.41) is 34.9. The molecule has 294 valence electrons. The quantitative estimate of drug-likeness (QED) is 0.0392. The number of ether oxygens (including phenoxy) is 3. The van der Waals surface area contributed by atoms with Crippen molar-refractivity contribution >= 4 is 55.2 Å². The number of fused-ring (bicyclic) bond motifs is 1. The van der Waals surface area contributed by atoms with Crippen LogP contribution in [0.25, 0.3) is 11.2 Å². The Morgan fingerprint density at radius 1 is 1.02 bits per heavy atom. The number of carboxylic acids is 1. The Bertz CT molecular complexity index is 1990. The minimum absolute atomic E-state index is 0. The Morgan fingerprint density at radius 3 is 2.34 bits per heavy atom. The Morgan fingerprint density at radius 2 is 1.70 bits per heavy atom. The van der Waals surface area contributed by atoms with Crippen molar-refractivity contribution in [3.05, 3.63) is 39.4 Å². The van der Waals surface area contributed by atoms with Crippen LogP contribution >= 0.6 is 14.5 Å². The van der Waals surface area contributed by atoms with Gasteiger partial charge < -0.3 is 60.1 Å². The fourth-order valence-electron chi connectivity index (χ4n) is 5.69. The molecule has 2 aliphatic heterocycles. The molecule has 0 saturated carbocycles. The molecule has 0 spiro atoms. The molecule has 56 heavy (non-hydrogen) atoms. The molecule has 8 N–H and O–H groups in total. The number of aliphatic carboxylic acids is 1. The number of anilines is 2. The third-order valence-corrected chi connectivity index (χ3v) is 10.6. The number of carbonyl (C=O) groups excluding carboxylic acids is 1. The summed E-state index contributed by atoms with van der Waals surface area (Å²) in [7, 11) is -3.38. The summed E-state index contributed by atoms with van der Waals surface area (Å²) in [6.07, 6.45) is -8.61. The molecule has 5 rings (SSSR count). The van der Waals surface area contributed by atoms with Crippen molar-refractivity contribution in [3.63, 3.8) is 0 Å². The second kappa shape index (κ2) is 22.5. The van der Waals surface area contributed by atoms with Crippen molar-refractivity contribution in [1.82, 2.24) is 34.2 Å². The largest absolute Gasteiger partial charge is 1.00 e. The predicted molar refractivity (Wildman–Crippen MR) is 176 cm³/mol. The van der Waals surface area contributed by atoms with E-state index in [9.17, 15) is 44.1 Å². The number of nitrogen functional groups attached to an aromatic ring is 2. The summed E-state index contributed by atoms with van der Waals surface area (Å²) in [4.78, 5) is 73.3. The van der Waals surface area contributed by atoms with Gasteiger partial charge in [0.15, 0.2) is 23.6 Å². The Labute approximate surface area is 389 Å². The van der Waals surface area contributed by atoms with E-state index in [1.165, 1.54) is 30.3 Å². The van der Waals surface area contributed by atoms with E-state index < -0.39 is 94.0 Å². The van der Waals surface area contributed by atoms with Crippen LogP contribution in [0.15, 0.2) is 28.2 Å². The second-order valence-electron chi connectivity index (χ2n) is 11.8. The Hall–Kier alpha value is -0.260. The first-order valence-electron chi connectivity index (χ1n) is 15.8. The molecule has 2 fully saturated rings. The fourth-order valence-corrected chi connectivity index (χ4v) is 7.78. The first-order chi connectivity index (χ1) is 25.0. The van der Waals surface area contributed by atoms with E-state index in [0.29, 0.717) is 6.42 Å². The van der Waals surface area contributed by atoms with E-state index in [1.807, 2.05) is 0 Å². The maximum Gasteiger partial charge on any atom is 1.00 e. The van der Waals surface area contributed by atoms with Gasteiger partial charge >= 0.3 is 102 Å². The summed E-state index contributed by atoms with van der Waals surface area (Å²) in [5.74, 6) is -1.60. The van der Waals surface area contributed by atoms with Crippen LogP contribution in [0.5, 0.6) is 0 Å². The minimum atomic E-state index is -4.77. The predicted octanol–water partition coefficient (Wildman–Crippen LogP) is -13.5. The molecule has 2 saturated heterocycles. The number of nitrogens with two attached hydrogens (primary N) is 2. The molecule has 0 radical (unpaired) electrons. The number of nitrogens with one attached hydrogen (secondary N) is 2. The van der Waals surface area contributed by atoms with Crippen molar-refractivity contribution < 1.29 is 151 Å². The van der Waals surface area contributed by atoms with Gasteiger partial charge in [-0.25, -0.2) is 19.4 Å². The summed E-state index contributed by atoms with van der Waals surface area (Å²) in [5.41, 5.74) is 9.52. The zero-order valence-electron chi connectivity index (χ0n) is 30.7. The molecule has 5 heterocycles. The number of rotatable bonds is 18. The monoisotopic (exact) mass is 877 g/mol. The van der Waals surface area contributed by atoms with Crippen LogP contribution in [0.2, 0.25) is 0 Å². The zero-order chi connectivity index (χ0) is 38.7. The summed E-state index contributed by atoms with van der Waals surface area (Å²) < 4.78 is 50.6. The van der Waals surface area contributed by atoms with Crippen molar-refractivity contribution in [3.8, 4) is 0 Å². The maximum atomic E-state index is 14.5. The van der Waals surface area contributed by atoms with Crippen molar-refractivity contribution in [2.45, 2.75) is 74.8 Å². The van der Waals surface area contributed by atoms with Gasteiger partial charge in [0.1, 0.15) is 42.4 Å². The van der Waals surface area contributed by atoms with Gasteiger partial charge in [0, 0.05) is 25.8 Å². The molecule has 0 bridgehead atoms. The molecule has 0 unspecified atom stereocenters. The third-order valence-electron chi connectivity index (χ3n) is 8.17. The van der Waals surface area contributed by atoms with Crippen LogP contribution in [0.4, 0.5) is 11.8 Å². The van der Waals surface area contributed by atoms with Gasteiger partial charge in [-0.15, -0.1) is 11.8 Å². The number of aromatic nitrogens is 6. The van der Waals surface area contributed by atoms with E-state index in [1.54, 1.807) is 0 Å². The normalized spacial score (nSPS) is 25.9. The number of unbranched alkanes of at least 4 members (excludes halogenated alkanes) is 2. The van der Waals surface area contributed by atoms with Gasteiger partial charge in [-0.05, 0) is 25.3 Å². The molecular weight excluding hydrogens is 841 g/mol. The van der Waals surface area contributed by atoms with E-state index in [0.717, 1.165) is 4.57 Å². The van der Waals surface area contributed by atoms with E-state index in [4.69, 9.17) is 39.2 Å². The van der Waals surface area contributed by atoms with Crippen molar-refractivity contribution in [2.75, 3.05) is 38.3 Å². The summed E-state index contributed by atoms with van der Waals surface area (Å²) >= 11 is 4.37. The smallest absolute Gasteiger partial charge is 0.812 e. The number of aliphatic hydroxyl groups is 2. The Kier molecular flexibility index (Phi) is 20.9. The van der Waals surface area contributed by atoms with Gasteiger partial charge in [-0.2, -0.15) is 9.97 Å². The fraction of sp³-hybridized carbons (Fsp3) is 0.615. The Balaban J connectivity index is 0.00000361. The second-order valence-corrected chi connectivity index (χ2v) is 16.1. The van der Waals surface area contributed by atoms with E-state index >= 15 is 0 Å². The van der Waals surface area contributed by atoms with Crippen molar-refractivity contribution in [2.24, 2.45) is 0 Å². The molecule has 3 aromatic heterocycles. The number of aliphatic hydroxyl groups excluding tert-OH is 2. The first kappa shape index (κ1) is 51.9. The number of hydrogen-bond donors (Lipinski definition) is 6. The number of aromatic amines is 1. The van der Waals surface area contributed by atoms with Gasteiger partial charge in [0.2, 0.25) is 5.95 Å². The van der Waals surface area contributed by atoms with Crippen LogP contribution in [-0.4, -0.2) is 109 Å². The zero-order valence-corrected chi connectivity index (χ0v) is 39.3. The number of hydrogen-bond acceptors (Lipinski definition) is 21. The van der Waals surface area contributed by atoms with Gasteiger partial charge in [0.25, 0.3) is 5.56 Å². The third kappa shape index (κ3) is 13.1. The number of carbonyl (C=O) groups is 1. The molecule has 9 atom stereocenters. The first-order valence-corrected chi connectivity index (χ1v) is 19.9. The van der Waals surface area contributed by atoms with Crippen LogP contribution < -0.4 is 131 Å². The van der Waals surface area contributed by atoms with Gasteiger partial charge in [-0.3, -0.25) is 28.0 Å². The summed E-state index contributed by atoms with van der Waals surface area (Å²) in [6, 6.07) is 1.27. The molecular formula is C26H36N9Na3O15P2S. The number of H-pyrrole nitrogens is 1. The number of nitrogens with zero attached hydrogens (tertiary/aromatic N) is 5. The van der Waals surface area contributed by atoms with Crippen LogP contribution in [0, 0.1) is 0 Å². The number of methoxy groups -OCH3 is 1. The average molecular weight is 878 g/mol. The maximum absolute atomic E-state index is 14.5. The molecule has 0 aliphatic carbocycles. The topological polar surface area (TPSA) is 362 Å². The molecule has 0 amide bonds. The SMILES string of the molecule is CO[C@@H]1[C@H](O[P@@](=O)(NCCCCCC(=O)[O-])OC[C@H]2O[C@@H](n3ccc(N)nc3=O)[C@H](O)[C@@H]2O)[C@@H](COP([O-])([O-])=S)O[C@H]1n1cnc2c(=O)[nH]c(N)nc21.[Na+].[Na+].[Na+]. The molecule has 30 heteroatoms. The average Bonchev–Trinajstić information content (AvgIpc) is 3.73. The molecule has 0 aromatic carbocycles. The summed E-state index contributed by atoms with van der Waals surface area (Å²) in [6.45, 7) is -6.32. The van der Waals surface area contributed by atoms with Crippen LogP contribution in [0.1, 0.15) is 38.1 Å². The van der Waals surface area contributed by atoms with Crippen LogP contribution in [-0.2, 0) is 48.9 Å². The number of carboxylic acid groups (broad SMARTS) is 1.